The van der Waals surface area contributed by atoms with Crippen molar-refractivity contribution >= 4 is 11.6 Å². The minimum absolute atomic E-state index is 0.0174. The Hall–Kier alpha value is -0.780. The smallest absolute Gasteiger partial charge is 0.394 e. The average molecular weight is 268 g/mol. The predicted molar refractivity (Wildman–Crippen MR) is 59.8 cm³/mol. The monoisotopic (exact) mass is 267 g/mol. The number of rotatable bonds is 3. The van der Waals surface area contributed by atoms with Crippen LogP contribution in [0, 0.1) is 0 Å². The maximum atomic E-state index is 12.7. The second-order valence-electron chi connectivity index (χ2n) is 4.29. The standard InChI is InChI=1S/C11H13ClF3NO/c1-10(16,6-17)5-7-2-3-8(12)4-9(7)11(13,14)15/h2-4,17H,5-6,16H2,1H3. The first-order valence-electron chi connectivity index (χ1n) is 4.91. The third-order valence-electron chi connectivity index (χ3n) is 2.33. The van der Waals surface area contributed by atoms with Gasteiger partial charge in [0.05, 0.1) is 12.2 Å². The van der Waals surface area contributed by atoms with Crippen LogP contribution in [0.2, 0.25) is 5.02 Å². The highest BCUT2D eigenvalue weighted by atomic mass is 35.5. The van der Waals surface area contributed by atoms with Gasteiger partial charge in [-0.15, -0.1) is 0 Å². The van der Waals surface area contributed by atoms with E-state index >= 15 is 0 Å². The van der Waals surface area contributed by atoms with E-state index in [1.807, 2.05) is 0 Å². The lowest BCUT2D eigenvalue weighted by molar-refractivity contribution is -0.138. The van der Waals surface area contributed by atoms with Gasteiger partial charge in [0.1, 0.15) is 0 Å². The fraction of sp³-hybridized carbons (Fsp3) is 0.455. The molecule has 0 heterocycles. The molecule has 2 nitrogen and oxygen atoms in total. The largest absolute Gasteiger partial charge is 0.416 e. The van der Waals surface area contributed by atoms with E-state index in [9.17, 15) is 13.2 Å². The number of nitrogens with two attached hydrogens (primary N) is 1. The van der Waals surface area contributed by atoms with E-state index in [0.29, 0.717) is 0 Å². The molecule has 1 atom stereocenters. The Balaban J connectivity index is 3.16. The topological polar surface area (TPSA) is 46.2 Å². The molecule has 6 heteroatoms. The van der Waals surface area contributed by atoms with E-state index < -0.39 is 23.9 Å². The number of hydrogen-bond donors (Lipinski definition) is 2. The van der Waals surface area contributed by atoms with Gasteiger partial charge in [0.2, 0.25) is 0 Å². The zero-order valence-corrected chi connectivity index (χ0v) is 9.94. The maximum absolute atomic E-state index is 12.7. The predicted octanol–water partition coefficient (Wildman–Crippen LogP) is 2.61. The van der Waals surface area contributed by atoms with Gasteiger partial charge in [-0.1, -0.05) is 17.7 Å². The first kappa shape index (κ1) is 14.3. The maximum Gasteiger partial charge on any atom is 0.416 e. The summed E-state index contributed by atoms with van der Waals surface area (Å²) in [5, 5.41) is 8.99. The van der Waals surface area contributed by atoms with Crippen molar-refractivity contribution in [1.29, 1.82) is 0 Å². The summed E-state index contributed by atoms with van der Waals surface area (Å²) >= 11 is 5.55. The first-order valence-corrected chi connectivity index (χ1v) is 5.29. The van der Waals surface area contributed by atoms with Gasteiger partial charge in [-0.05, 0) is 31.0 Å². The van der Waals surface area contributed by atoms with Gasteiger partial charge in [0.15, 0.2) is 0 Å². The summed E-state index contributed by atoms with van der Waals surface area (Å²) in [5.74, 6) is 0. The average Bonchev–Trinajstić information content (AvgIpc) is 2.19. The lowest BCUT2D eigenvalue weighted by atomic mass is 9.92. The van der Waals surface area contributed by atoms with Crippen molar-refractivity contribution in [2.24, 2.45) is 5.73 Å². The Morgan fingerprint density at radius 3 is 2.41 bits per heavy atom. The molecule has 96 valence electrons. The molecular formula is C11H13ClF3NO. The second-order valence-corrected chi connectivity index (χ2v) is 4.72. The lowest BCUT2D eigenvalue weighted by Gasteiger charge is -2.24. The van der Waals surface area contributed by atoms with Gasteiger partial charge >= 0.3 is 6.18 Å². The normalized spacial score (nSPS) is 15.7. The van der Waals surface area contributed by atoms with Crippen molar-refractivity contribution in [2.75, 3.05) is 6.61 Å². The fourth-order valence-corrected chi connectivity index (χ4v) is 1.63. The highest BCUT2D eigenvalue weighted by molar-refractivity contribution is 6.30. The van der Waals surface area contributed by atoms with Crippen LogP contribution in [-0.2, 0) is 12.6 Å². The van der Waals surface area contributed by atoms with Gasteiger partial charge in [0, 0.05) is 10.6 Å². The van der Waals surface area contributed by atoms with Crippen molar-refractivity contribution in [2.45, 2.75) is 25.1 Å². The quantitative estimate of drug-likeness (QED) is 0.884. The molecule has 0 saturated heterocycles. The number of alkyl halides is 3. The van der Waals surface area contributed by atoms with E-state index in [-0.39, 0.29) is 17.0 Å². The van der Waals surface area contributed by atoms with Crippen molar-refractivity contribution in [1.82, 2.24) is 0 Å². The number of hydrogen-bond acceptors (Lipinski definition) is 2. The molecule has 0 aliphatic heterocycles. The fourth-order valence-electron chi connectivity index (χ4n) is 1.46. The molecule has 0 amide bonds. The lowest BCUT2D eigenvalue weighted by Crippen LogP contribution is -2.42. The third kappa shape index (κ3) is 3.87. The van der Waals surface area contributed by atoms with Crippen LogP contribution in [0.3, 0.4) is 0 Å². The summed E-state index contributed by atoms with van der Waals surface area (Å²) in [5.41, 5.74) is 3.78. The summed E-state index contributed by atoms with van der Waals surface area (Å²) in [6, 6.07) is 3.52. The van der Waals surface area contributed by atoms with Crippen molar-refractivity contribution < 1.29 is 18.3 Å². The molecule has 1 aromatic carbocycles. The van der Waals surface area contributed by atoms with Crippen LogP contribution < -0.4 is 5.73 Å². The number of aliphatic hydroxyl groups excluding tert-OH is 1. The van der Waals surface area contributed by atoms with Crippen LogP contribution in [0.5, 0.6) is 0 Å². The van der Waals surface area contributed by atoms with Crippen LogP contribution in [0.15, 0.2) is 18.2 Å². The number of benzene rings is 1. The molecule has 0 aliphatic rings. The Morgan fingerprint density at radius 2 is 1.94 bits per heavy atom. The SMILES string of the molecule is CC(N)(CO)Cc1ccc(Cl)cc1C(F)(F)F. The van der Waals surface area contributed by atoms with E-state index in [0.717, 1.165) is 6.07 Å². The Labute approximate surface area is 102 Å². The molecule has 0 saturated carbocycles. The summed E-state index contributed by atoms with van der Waals surface area (Å²) < 4.78 is 38.2. The van der Waals surface area contributed by atoms with E-state index in [4.69, 9.17) is 22.4 Å². The zero-order chi connectivity index (χ0) is 13.3. The molecule has 0 aliphatic carbocycles. The molecule has 17 heavy (non-hydrogen) atoms. The summed E-state index contributed by atoms with van der Waals surface area (Å²) in [6.45, 7) is 1.09. The Bertz CT molecular complexity index is 404. The van der Waals surface area contributed by atoms with Crippen LogP contribution in [0.4, 0.5) is 13.2 Å². The molecule has 1 aromatic rings. The van der Waals surface area contributed by atoms with Crippen LogP contribution >= 0.6 is 11.6 Å². The summed E-state index contributed by atoms with van der Waals surface area (Å²) in [6.07, 6.45) is -4.55. The Kier molecular flexibility index (Phi) is 4.06. The molecular weight excluding hydrogens is 255 g/mol. The molecule has 0 fully saturated rings. The van der Waals surface area contributed by atoms with Gasteiger partial charge in [-0.25, -0.2) is 0 Å². The van der Waals surface area contributed by atoms with Gasteiger partial charge in [-0.3, -0.25) is 0 Å². The molecule has 1 unspecified atom stereocenters. The van der Waals surface area contributed by atoms with Crippen molar-refractivity contribution in [3.05, 3.63) is 34.3 Å². The molecule has 0 aromatic heterocycles. The Morgan fingerprint density at radius 1 is 1.35 bits per heavy atom. The molecule has 3 N–H and O–H groups in total. The summed E-state index contributed by atoms with van der Waals surface area (Å²) in [7, 11) is 0. The minimum Gasteiger partial charge on any atom is -0.394 e. The van der Waals surface area contributed by atoms with Crippen LogP contribution in [-0.4, -0.2) is 17.3 Å². The minimum atomic E-state index is -4.48. The van der Waals surface area contributed by atoms with E-state index in [2.05, 4.69) is 0 Å². The first-order chi connectivity index (χ1) is 7.65. The number of aliphatic hydroxyl groups is 1. The van der Waals surface area contributed by atoms with Crippen LogP contribution in [0.1, 0.15) is 18.1 Å². The van der Waals surface area contributed by atoms with Gasteiger partial charge < -0.3 is 10.8 Å². The molecule has 1 rings (SSSR count). The van der Waals surface area contributed by atoms with Gasteiger partial charge in [0.25, 0.3) is 0 Å². The highest BCUT2D eigenvalue weighted by Crippen LogP contribution is 2.34. The van der Waals surface area contributed by atoms with Crippen molar-refractivity contribution in [3.8, 4) is 0 Å². The van der Waals surface area contributed by atoms with Gasteiger partial charge in [-0.2, -0.15) is 13.2 Å². The third-order valence-corrected chi connectivity index (χ3v) is 2.57. The highest BCUT2D eigenvalue weighted by Gasteiger charge is 2.34. The van der Waals surface area contributed by atoms with Crippen molar-refractivity contribution in [3.63, 3.8) is 0 Å². The van der Waals surface area contributed by atoms with E-state index in [1.54, 1.807) is 0 Å². The molecule has 0 spiro atoms. The second kappa shape index (κ2) is 4.84. The summed E-state index contributed by atoms with van der Waals surface area (Å²) in [4.78, 5) is 0. The van der Waals surface area contributed by atoms with E-state index in [1.165, 1.54) is 19.1 Å². The van der Waals surface area contributed by atoms with Crippen LogP contribution in [0.25, 0.3) is 0 Å². The molecule has 0 radical (unpaired) electrons. The number of halogens is 4. The molecule has 0 bridgehead atoms. The zero-order valence-electron chi connectivity index (χ0n) is 9.18.